The second-order valence-electron chi connectivity index (χ2n) is 19.3. The third kappa shape index (κ3) is 6.02. The van der Waals surface area contributed by atoms with Crippen LogP contribution in [0.2, 0.25) is 0 Å². The van der Waals surface area contributed by atoms with E-state index in [4.69, 9.17) is 4.74 Å². The summed E-state index contributed by atoms with van der Waals surface area (Å²) in [5, 5.41) is 0. The maximum absolute atomic E-state index is 13.1. The van der Waals surface area contributed by atoms with Gasteiger partial charge in [-0.05, 0) is 115 Å². The highest BCUT2D eigenvalue weighted by molar-refractivity contribution is 5.69. The Balaban J connectivity index is 1.23. The molecule has 252 valence electrons. The van der Waals surface area contributed by atoms with E-state index in [9.17, 15) is 4.79 Å². The maximum atomic E-state index is 13.1. The summed E-state index contributed by atoms with van der Waals surface area (Å²) in [6, 6.07) is 0. The first-order valence-electron chi connectivity index (χ1n) is 19.5. The van der Waals surface area contributed by atoms with E-state index < -0.39 is 0 Å². The van der Waals surface area contributed by atoms with E-state index in [1.165, 1.54) is 109 Å². The Morgan fingerprint density at radius 1 is 0.750 bits per heavy atom. The number of ether oxygens (including phenoxy) is 1. The van der Waals surface area contributed by atoms with Crippen LogP contribution >= 0.6 is 0 Å². The fraction of sp³-hybridized carbons (Fsp3) is 0.929. The molecule has 0 bridgehead atoms. The smallest absolute Gasteiger partial charge is 0.306 e. The second-order valence-corrected chi connectivity index (χ2v) is 19.3. The van der Waals surface area contributed by atoms with Crippen molar-refractivity contribution in [2.75, 3.05) is 0 Å². The van der Waals surface area contributed by atoms with Gasteiger partial charge in [0.05, 0.1) is 0 Å². The average molecular weight is 609 g/mol. The van der Waals surface area contributed by atoms with Gasteiger partial charge in [0, 0.05) is 11.8 Å². The zero-order chi connectivity index (χ0) is 32.0. The molecule has 4 saturated carbocycles. The van der Waals surface area contributed by atoms with Crippen LogP contribution in [0.1, 0.15) is 191 Å². The van der Waals surface area contributed by atoms with Crippen molar-refractivity contribution in [2.45, 2.75) is 197 Å². The Kier molecular flexibility index (Phi) is 9.95. The summed E-state index contributed by atoms with van der Waals surface area (Å²) >= 11 is 0. The number of allylic oxidation sites excluding steroid dienone is 2. The van der Waals surface area contributed by atoms with Crippen LogP contribution in [-0.2, 0) is 9.53 Å². The molecule has 0 heterocycles. The molecule has 5 rings (SSSR count). The molecule has 0 N–H and O–H groups in total. The zero-order valence-corrected chi connectivity index (χ0v) is 30.8. The number of hydrogen-bond donors (Lipinski definition) is 0. The van der Waals surface area contributed by atoms with E-state index >= 15 is 0 Å². The van der Waals surface area contributed by atoms with Gasteiger partial charge in [-0.15, -0.1) is 0 Å². The van der Waals surface area contributed by atoms with Crippen molar-refractivity contribution in [3.8, 4) is 0 Å². The highest BCUT2D eigenvalue weighted by Crippen LogP contribution is 2.75. The summed E-state index contributed by atoms with van der Waals surface area (Å²) in [4.78, 5) is 13.1. The number of rotatable bonds is 11. The fourth-order valence-corrected chi connectivity index (χ4v) is 12.5. The summed E-state index contributed by atoms with van der Waals surface area (Å²) in [5.74, 6) is 2.18. The van der Waals surface area contributed by atoms with Gasteiger partial charge in [-0.25, -0.2) is 0 Å². The van der Waals surface area contributed by atoms with Gasteiger partial charge in [0.2, 0.25) is 0 Å². The molecule has 0 aromatic heterocycles. The minimum atomic E-state index is 0.0336. The SMILES string of the molecule is CCCCCCCCCCCC(=O)OC1CCC2(C)C(CCC3(C)C2CC=C2C4CC(C)(C)CCC4(C)CCC23C)C1(C)C. The molecular weight excluding hydrogens is 536 g/mol. The highest BCUT2D eigenvalue weighted by Gasteiger charge is 2.68. The van der Waals surface area contributed by atoms with E-state index in [1.807, 2.05) is 5.57 Å². The van der Waals surface area contributed by atoms with Gasteiger partial charge in [0.25, 0.3) is 0 Å². The topological polar surface area (TPSA) is 26.3 Å². The molecule has 0 saturated heterocycles. The summed E-state index contributed by atoms with van der Waals surface area (Å²) in [5.41, 5.74) is 3.88. The van der Waals surface area contributed by atoms with Crippen molar-refractivity contribution in [1.82, 2.24) is 0 Å². The van der Waals surface area contributed by atoms with Crippen LogP contribution in [0, 0.1) is 50.2 Å². The summed E-state index contributed by atoms with van der Waals surface area (Å²) in [7, 11) is 0. The third-order valence-electron chi connectivity index (χ3n) is 15.8. The molecule has 5 aliphatic carbocycles. The lowest BCUT2D eigenvalue weighted by atomic mass is 9.33. The number of esters is 1. The second kappa shape index (κ2) is 12.7. The van der Waals surface area contributed by atoms with Crippen LogP contribution < -0.4 is 0 Å². The predicted molar refractivity (Wildman–Crippen MR) is 186 cm³/mol. The van der Waals surface area contributed by atoms with Crippen LogP contribution in [0.3, 0.4) is 0 Å². The van der Waals surface area contributed by atoms with Crippen LogP contribution in [0.25, 0.3) is 0 Å². The molecule has 0 amide bonds. The molecule has 0 aromatic rings. The molecule has 8 atom stereocenters. The maximum Gasteiger partial charge on any atom is 0.306 e. The Morgan fingerprint density at radius 3 is 2.07 bits per heavy atom. The largest absolute Gasteiger partial charge is 0.462 e. The number of hydrogen-bond acceptors (Lipinski definition) is 2. The van der Waals surface area contributed by atoms with Crippen molar-refractivity contribution in [2.24, 2.45) is 50.2 Å². The molecule has 0 radical (unpaired) electrons. The number of carbonyl (C=O) groups excluding carboxylic acids is 1. The van der Waals surface area contributed by atoms with Gasteiger partial charge >= 0.3 is 5.97 Å². The van der Waals surface area contributed by atoms with E-state index in [0.29, 0.717) is 39.4 Å². The van der Waals surface area contributed by atoms with Crippen LogP contribution in [0.5, 0.6) is 0 Å². The Morgan fingerprint density at radius 2 is 1.39 bits per heavy atom. The van der Waals surface area contributed by atoms with Crippen molar-refractivity contribution < 1.29 is 9.53 Å². The molecule has 0 aromatic carbocycles. The molecular formula is C42H72O2. The van der Waals surface area contributed by atoms with Gasteiger partial charge in [-0.3, -0.25) is 4.79 Å². The standard InChI is InChI=1S/C42H72O2/c1-10-11-12-13-14-15-16-17-18-19-36(43)44-35-23-24-40(7)33(38(35,4)5)22-25-42(9)34(40)21-20-31-32-30-37(2,3)26-27-39(32,6)28-29-41(31,42)8/h20,32-35H,10-19,21-30H2,1-9H3. The molecule has 44 heavy (non-hydrogen) atoms. The van der Waals surface area contributed by atoms with E-state index in [0.717, 1.165) is 24.7 Å². The minimum absolute atomic E-state index is 0.0336. The zero-order valence-electron chi connectivity index (χ0n) is 30.8. The van der Waals surface area contributed by atoms with Crippen molar-refractivity contribution in [1.29, 1.82) is 0 Å². The van der Waals surface area contributed by atoms with Crippen molar-refractivity contribution in [3.05, 3.63) is 11.6 Å². The van der Waals surface area contributed by atoms with Crippen LogP contribution in [0.15, 0.2) is 11.6 Å². The van der Waals surface area contributed by atoms with Crippen molar-refractivity contribution in [3.63, 3.8) is 0 Å². The van der Waals surface area contributed by atoms with Crippen LogP contribution in [0.4, 0.5) is 0 Å². The Bertz CT molecular complexity index is 1050. The van der Waals surface area contributed by atoms with Crippen LogP contribution in [-0.4, -0.2) is 12.1 Å². The van der Waals surface area contributed by atoms with Gasteiger partial charge in [0.15, 0.2) is 0 Å². The lowest BCUT2D eigenvalue weighted by molar-refractivity contribution is -0.212. The summed E-state index contributed by atoms with van der Waals surface area (Å²) < 4.78 is 6.38. The normalized spacial score (nSPS) is 42.2. The van der Waals surface area contributed by atoms with Gasteiger partial charge in [0.1, 0.15) is 6.10 Å². The quantitative estimate of drug-likeness (QED) is 0.132. The molecule has 5 aliphatic rings. The Labute approximate surface area is 273 Å². The first kappa shape index (κ1) is 34.5. The molecule has 2 nitrogen and oxygen atoms in total. The monoisotopic (exact) mass is 609 g/mol. The third-order valence-corrected chi connectivity index (χ3v) is 15.8. The first-order chi connectivity index (χ1) is 20.6. The van der Waals surface area contributed by atoms with Crippen molar-refractivity contribution >= 4 is 5.97 Å². The fourth-order valence-electron chi connectivity index (χ4n) is 12.5. The predicted octanol–water partition coefficient (Wildman–Crippen LogP) is 12.6. The van der Waals surface area contributed by atoms with Gasteiger partial charge in [-0.1, -0.05) is 125 Å². The van der Waals surface area contributed by atoms with E-state index in [1.54, 1.807) is 0 Å². The summed E-state index contributed by atoms with van der Waals surface area (Å²) in [6.07, 6.45) is 28.2. The summed E-state index contributed by atoms with van der Waals surface area (Å²) in [6.45, 7) is 23.0. The molecule has 8 unspecified atom stereocenters. The number of carbonyl (C=O) groups is 1. The molecule has 2 heteroatoms. The van der Waals surface area contributed by atoms with Gasteiger partial charge in [-0.2, -0.15) is 0 Å². The number of fused-ring (bicyclic) bond motifs is 7. The lowest BCUT2D eigenvalue weighted by Gasteiger charge is -2.71. The van der Waals surface area contributed by atoms with E-state index in [2.05, 4.69) is 68.4 Å². The average Bonchev–Trinajstić information content (AvgIpc) is 2.95. The molecule has 0 spiro atoms. The molecule has 0 aliphatic heterocycles. The first-order valence-corrected chi connectivity index (χ1v) is 19.5. The minimum Gasteiger partial charge on any atom is -0.462 e. The van der Waals surface area contributed by atoms with E-state index in [-0.39, 0.29) is 17.5 Å². The van der Waals surface area contributed by atoms with Gasteiger partial charge < -0.3 is 4.74 Å². The molecule has 4 fully saturated rings. The number of unbranched alkanes of at least 4 members (excludes halogenated alkanes) is 8. The Hall–Kier alpha value is -0.790. The highest BCUT2D eigenvalue weighted by atomic mass is 16.5. The lowest BCUT2D eigenvalue weighted by Crippen LogP contribution is -2.64.